The first-order chi connectivity index (χ1) is 7.72. The van der Waals surface area contributed by atoms with Gasteiger partial charge in [0, 0.05) is 20.1 Å². The van der Waals surface area contributed by atoms with Crippen LogP contribution in [-0.2, 0) is 11.2 Å². The van der Waals surface area contributed by atoms with E-state index in [1.165, 1.54) is 10.3 Å². The Morgan fingerprint density at radius 2 is 2.31 bits per heavy atom. The Morgan fingerprint density at radius 1 is 1.50 bits per heavy atom. The molecule has 0 saturated heterocycles. The minimum atomic E-state index is 0.0710. The van der Waals surface area contributed by atoms with Crippen molar-refractivity contribution in [3.8, 4) is 0 Å². The van der Waals surface area contributed by atoms with Gasteiger partial charge in [-0.05, 0) is 24.6 Å². The monoisotopic (exact) mass is 236 g/mol. The summed E-state index contributed by atoms with van der Waals surface area (Å²) < 4.78 is 6.49. The molecule has 0 fully saturated rings. The van der Waals surface area contributed by atoms with E-state index in [2.05, 4.69) is 30.1 Å². The standard InChI is InChI=1S/C12H16N2OS/c1-8-3-4-11-10(5-8)14-12(16-11)6-9(7-13)15-2/h3-5,9H,6-7,13H2,1-2H3. The Labute approximate surface area is 99.3 Å². The third-order valence-electron chi connectivity index (χ3n) is 2.59. The molecule has 4 heteroatoms. The summed E-state index contributed by atoms with van der Waals surface area (Å²) in [7, 11) is 1.69. The van der Waals surface area contributed by atoms with Gasteiger partial charge >= 0.3 is 0 Å². The van der Waals surface area contributed by atoms with Gasteiger partial charge in [-0.2, -0.15) is 0 Å². The van der Waals surface area contributed by atoms with Crippen molar-refractivity contribution in [2.75, 3.05) is 13.7 Å². The number of nitrogens with two attached hydrogens (primary N) is 1. The van der Waals surface area contributed by atoms with Gasteiger partial charge in [-0.15, -0.1) is 11.3 Å². The molecular weight excluding hydrogens is 220 g/mol. The van der Waals surface area contributed by atoms with Gasteiger partial charge in [-0.1, -0.05) is 6.07 Å². The van der Waals surface area contributed by atoms with Crippen molar-refractivity contribution in [3.63, 3.8) is 0 Å². The normalized spacial score (nSPS) is 13.2. The van der Waals surface area contributed by atoms with Crippen LogP contribution < -0.4 is 5.73 Å². The summed E-state index contributed by atoms with van der Waals surface area (Å²) >= 11 is 1.72. The number of hydrogen-bond acceptors (Lipinski definition) is 4. The van der Waals surface area contributed by atoms with Crippen LogP contribution in [0.25, 0.3) is 10.2 Å². The van der Waals surface area contributed by atoms with Crippen LogP contribution in [0, 0.1) is 6.92 Å². The molecule has 16 heavy (non-hydrogen) atoms. The van der Waals surface area contributed by atoms with Crippen molar-refractivity contribution >= 4 is 21.6 Å². The zero-order chi connectivity index (χ0) is 11.5. The van der Waals surface area contributed by atoms with Gasteiger partial charge in [-0.25, -0.2) is 4.98 Å². The third kappa shape index (κ3) is 2.40. The van der Waals surface area contributed by atoms with Crippen LogP contribution in [0.15, 0.2) is 18.2 Å². The highest BCUT2D eigenvalue weighted by atomic mass is 32.1. The maximum Gasteiger partial charge on any atom is 0.0964 e. The molecule has 0 saturated carbocycles. The molecule has 2 aromatic rings. The van der Waals surface area contributed by atoms with Gasteiger partial charge in [0.05, 0.1) is 21.3 Å². The summed E-state index contributed by atoms with van der Waals surface area (Å²) in [6.45, 7) is 2.61. The Bertz CT molecular complexity index is 477. The van der Waals surface area contributed by atoms with E-state index in [1.807, 2.05) is 0 Å². The van der Waals surface area contributed by atoms with E-state index >= 15 is 0 Å². The molecule has 0 bridgehead atoms. The number of ether oxygens (including phenoxy) is 1. The van der Waals surface area contributed by atoms with E-state index in [1.54, 1.807) is 18.4 Å². The second-order valence-corrected chi connectivity index (χ2v) is 4.99. The topological polar surface area (TPSA) is 48.1 Å². The molecule has 2 N–H and O–H groups in total. The smallest absolute Gasteiger partial charge is 0.0964 e. The zero-order valence-corrected chi connectivity index (χ0v) is 10.4. The molecule has 0 radical (unpaired) electrons. The van der Waals surface area contributed by atoms with Crippen LogP contribution in [0.3, 0.4) is 0 Å². The summed E-state index contributed by atoms with van der Waals surface area (Å²) in [5, 5.41) is 1.10. The van der Waals surface area contributed by atoms with Gasteiger partial charge in [-0.3, -0.25) is 0 Å². The average Bonchev–Trinajstić information content (AvgIpc) is 2.67. The van der Waals surface area contributed by atoms with Crippen molar-refractivity contribution < 1.29 is 4.74 Å². The molecule has 0 aliphatic heterocycles. The first kappa shape index (κ1) is 11.5. The Balaban J connectivity index is 2.25. The first-order valence-electron chi connectivity index (χ1n) is 5.32. The largest absolute Gasteiger partial charge is 0.380 e. The van der Waals surface area contributed by atoms with Crippen LogP contribution in [0.2, 0.25) is 0 Å². The quantitative estimate of drug-likeness (QED) is 0.884. The van der Waals surface area contributed by atoms with Crippen LogP contribution in [0.5, 0.6) is 0 Å². The zero-order valence-electron chi connectivity index (χ0n) is 9.56. The van der Waals surface area contributed by atoms with Crippen molar-refractivity contribution in [2.24, 2.45) is 5.73 Å². The van der Waals surface area contributed by atoms with Crippen LogP contribution in [-0.4, -0.2) is 24.7 Å². The molecular formula is C12H16N2OS. The molecule has 2 rings (SSSR count). The predicted octanol–water partition coefficient (Wildman–Crippen LogP) is 2.12. The summed E-state index contributed by atoms with van der Waals surface area (Å²) in [5.41, 5.74) is 7.92. The van der Waals surface area contributed by atoms with Gasteiger partial charge in [0.2, 0.25) is 0 Å². The fourth-order valence-electron chi connectivity index (χ4n) is 1.63. The van der Waals surface area contributed by atoms with E-state index in [4.69, 9.17) is 10.5 Å². The van der Waals surface area contributed by atoms with Gasteiger partial charge in [0.25, 0.3) is 0 Å². The molecule has 0 amide bonds. The van der Waals surface area contributed by atoms with Crippen molar-refractivity contribution in [3.05, 3.63) is 28.8 Å². The van der Waals surface area contributed by atoms with Crippen molar-refractivity contribution in [2.45, 2.75) is 19.4 Å². The first-order valence-corrected chi connectivity index (χ1v) is 6.13. The fraction of sp³-hybridized carbons (Fsp3) is 0.417. The Morgan fingerprint density at radius 3 is 3.00 bits per heavy atom. The maximum absolute atomic E-state index is 5.60. The minimum Gasteiger partial charge on any atom is -0.380 e. The third-order valence-corrected chi connectivity index (χ3v) is 3.64. The lowest BCUT2D eigenvalue weighted by atomic mass is 10.2. The summed E-state index contributed by atoms with van der Waals surface area (Å²) in [6, 6.07) is 6.34. The molecule has 86 valence electrons. The number of aromatic nitrogens is 1. The number of aryl methyl sites for hydroxylation is 1. The number of rotatable bonds is 4. The Hall–Kier alpha value is -0.970. The lowest BCUT2D eigenvalue weighted by Gasteiger charge is -2.09. The van der Waals surface area contributed by atoms with Gasteiger partial charge in [0.15, 0.2) is 0 Å². The maximum atomic E-state index is 5.60. The number of nitrogens with zero attached hydrogens (tertiary/aromatic N) is 1. The molecule has 3 nitrogen and oxygen atoms in total. The highest BCUT2D eigenvalue weighted by Gasteiger charge is 2.10. The van der Waals surface area contributed by atoms with Crippen LogP contribution in [0.4, 0.5) is 0 Å². The van der Waals surface area contributed by atoms with E-state index in [9.17, 15) is 0 Å². The van der Waals surface area contributed by atoms with E-state index in [0.29, 0.717) is 6.54 Å². The minimum absolute atomic E-state index is 0.0710. The van der Waals surface area contributed by atoms with Crippen molar-refractivity contribution in [1.29, 1.82) is 0 Å². The molecule has 1 aromatic carbocycles. The average molecular weight is 236 g/mol. The summed E-state index contributed by atoms with van der Waals surface area (Å²) in [5.74, 6) is 0. The van der Waals surface area contributed by atoms with E-state index < -0.39 is 0 Å². The molecule has 0 aliphatic carbocycles. The van der Waals surface area contributed by atoms with Crippen LogP contribution >= 0.6 is 11.3 Å². The highest BCUT2D eigenvalue weighted by Crippen LogP contribution is 2.24. The van der Waals surface area contributed by atoms with Gasteiger partial charge < -0.3 is 10.5 Å². The molecule has 1 aromatic heterocycles. The molecule has 1 heterocycles. The summed E-state index contributed by atoms with van der Waals surface area (Å²) in [4.78, 5) is 4.59. The van der Waals surface area contributed by atoms with Gasteiger partial charge in [0.1, 0.15) is 0 Å². The van der Waals surface area contributed by atoms with Crippen molar-refractivity contribution in [1.82, 2.24) is 4.98 Å². The summed E-state index contributed by atoms with van der Waals surface area (Å²) in [6.07, 6.45) is 0.868. The molecule has 0 spiro atoms. The molecule has 0 aliphatic rings. The second kappa shape index (κ2) is 4.91. The number of thiazole rings is 1. The SMILES string of the molecule is COC(CN)Cc1nc2cc(C)ccc2s1. The molecule has 1 unspecified atom stereocenters. The van der Waals surface area contributed by atoms with Crippen LogP contribution in [0.1, 0.15) is 10.6 Å². The molecule has 1 atom stereocenters. The second-order valence-electron chi connectivity index (χ2n) is 3.88. The number of benzene rings is 1. The highest BCUT2D eigenvalue weighted by molar-refractivity contribution is 7.18. The lowest BCUT2D eigenvalue weighted by Crippen LogP contribution is -2.24. The van der Waals surface area contributed by atoms with E-state index in [0.717, 1.165) is 16.9 Å². The fourth-order valence-corrected chi connectivity index (χ4v) is 2.64. The van der Waals surface area contributed by atoms with E-state index in [-0.39, 0.29) is 6.10 Å². The predicted molar refractivity (Wildman–Crippen MR) is 67.9 cm³/mol. The lowest BCUT2D eigenvalue weighted by molar-refractivity contribution is 0.110. The number of hydrogen-bond donors (Lipinski definition) is 1. The Kier molecular flexibility index (Phi) is 3.53. The number of fused-ring (bicyclic) bond motifs is 1. The number of methoxy groups -OCH3 is 1.